The molecule has 0 unspecified atom stereocenters. The molecule has 0 aromatic heterocycles. The fraction of sp³-hybridized carbons (Fsp3) is 0.600. The molecular formula is C15H24O4. The van der Waals surface area contributed by atoms with Crippen molar-refractivity contribution in [2.75, 3.05) is 0 Å². The van der Waals surface area contributed by atoms with Crippen molar-refractivity contribution in [1.29, 1.82) is 0 Å². The number of carbonyl (C=O) groups is 2. The second-order valence-electron chi connectivity index (χ2n) is 4.65. The minimum atomic E-state index is -0.856. The van der Waals surface area contributed by atoms with Gasteiger partial charge in [0.2, 0.25) is 6.29 Å². The number of rotatable bonds is 9. The summed E-state index contributed by atoms with van der Waals surface area (Å²) in [6.45, 7) is 12.2. The normalized spacial score (nSPS) is 10.1. The standard InChI is InChI=1S/C15H24O4/c1-6-7-8-9-10-13(18-14(16)11(2)3)19-15(17)12(4)5/h13H,2,4,6-10H2,1,3,5H3. The molecule has 0 N–H and O–H groups in total. The summed E-state index contributed by atoms with van der Waals surface area (Å²) in [6.07, 6.45) is 3.72. The SMILES string of the molecule is C=C(C)C(=O)OC(CCCCCC)OC(=O)C(=C)C. The quantitative estimate of drug-likeness (QED) is 0.278. The molecule has 0 aliphatic carbocycles. The summed E-state index contributed by atoms with van der Waals surface area (Å²) in [6, 6.07) is 0. The first kappa shape index (κ1) is 17.4. The Morgan fingerprint density at radius 3 is 1.79 bits per heavy atom. The molecule has 0 aliphatic heterocycles. The van der Waals surface area contributed by atoms with E-state index in [1.165, 1.54) is 0 Å². The fourth-order valence-corrected chi connectivity index (χ4v) is 1.32. The minimum absolute atomic E-state index is 0.282. The Labute approximate surface area is 115 Å². The van der Waals surface area contributed by atoms with Crippen LogP contribution < -0.4 is 0 Å². The summed E-state index contributed by atoms with van der Waals surface area (Å²) < 4.78 is 10.2. The van der Waals surface area contributed by atoms with Crippen LogP contribution in [0, 0.1) is 0 Å². The van der Waals surface area contributed by atoms with Gasteiger partial charge >= 0.3 is 11.9 Å². The predicted octanol–water partition coefficient (Wildman–Crippen LogP) is 3.52. The first-order valence-electron chi connectivity index (χ1n) is 6.61. The lowest BCUT2D eigenvalue weighted by Crippen LogP contribution is -2.25. The van der Waals surface area contributed by atoms with Crippen molar-refractivity contribution in [3.05, 3.63) is 24.3 Å². The van der Waals surface area contributed by atoms with Gasteiger partial charge < -0.3 is 9.47 Å². The number of hydrogen-bond acceptors (Lipinski definition) is 4. The van der Waals surface area contributed by atoms with E-state index in [1.54, 1.807) is 13.8 Å². The first-order valence-corrected chi connectivity index (χ1v) is 6.61. The molecule has 0 atom stereocenters. The summed E-state index contributed by atoms with van der Waals surface area (Å²) >= 11 is 0. The maximum Gasteiger partial charge on any atom is 0.336 e. The Morgan fingerprint density at radius 1 is 0.947 bits per heavy atom. The molecule has 0 radical (unpaired) electrons. The van der Waals surface area contributed by atoms with Gasteiger partial charge in [0.15, 0.2) is 0 Å². The third kappa shape index (κ3) is 8.19. The van der Waals surface area contributed by atoms with Crippen LogP contribution in [0.15, 0.2) is 24.3 Å². The highest BCUT2D eigenvalue weighted by molar-refractivity contribution is 5.88. The fourth-order valence-electron chi connectivity index (χ4n) is 1.32. The zero-order valence-electron chi connectivity index (χ0n) is 12.2. The maximum atomic E-state index is 11.5. The molecule has 0 aromatic carbocycles. The van der Waals surface area contributed by atoms with E-state index >= 15 is 0 Å². The lowest BCUT2D eigenvalue weighted by atomic mass is 10.1. The molecule has 108 valence electrons. The number of unbranched alkanes of at least 4 members (excludes halogenated alkanes) is 3. The lowest BCUT2D eigenvalue weighted by molar-refractivity contribution is -0.183. The van der Waals surface area contributed by atoms with Gasteiger partial charge in [0.1, 0.15) is 0 Å². The van der Waals surface area contributed by atoms with Crippen molar-refractivity contribution in [3.63, 3.8) is 0 Å². The first-order chi connectivity index (χ1) is 8.88. The highest BCUT2D eigenvalue weighted by Gasteiger charge is 2.19. The van der Waals surface area contributed by atoms with Gasteiger partial charge in [-0.3, -0.25) is 0 Å². The van der Waals surface area contributed by atoms with E-state index in [0.29, 0.717) is 6.42 Å². The Hall–Kier alpha value is -1.58. The van der Waals surface area contributed by atoms with Crippen LogP contribution in [-0.4, -0.2) is 18.2 Å². The molecule has 0 amide bonds. The molecule has 0 saturated heterocycles. The van der Waals surface area contributed by atoms with Crippen molar-refractivity contribution in [2.45, 2.75) is 59.2 Å². The van der Waals surface area contributed by atoms with E-state index in [2.05, 4.69) is 20.1 Å². The van der Waals surface area contributed by atoms with Crippen LogP contribution in [0.2, 0.25) is 0 Å². The van der Waals surface area contributed by atoms with E-state index in [0.717, 1.165) is 25.7 Å². The third-order valence-corrected chi connectivity index (χ3v) is 2.47. The molecule has 0 fully saturated rings. The van der Waals surface area contributed by atoms with Gasteiger partial charge in [0.25, 0.3) is 0 Å². The van der Waals surface area contributed by atoms with Crippen LogP contribution in [0.25, 0.3) is 0 Å². The highest BCUT2D eigenvalue weighted by atomic mass is 16.7. The maximum absolute atomic E-state index is 11.5. The molecule has 19 heavy (non-hydrogen) atoms. The summed E-state index contributed by atoms with van der Waals surface area (Å²) in [4.78, 5) is 22.9. The van der Waals surface area contributed by atoms with Gasteiger partial charge in [-0.25, -0.2) is 9.59 Å². The topological polar surface area (TPSA) is 52.6 Å². The zero-order chi connectivity index (χ0) is 14.8. The third-order valence-electron chi connectivity index (χ3n) is 2.47. The Bertz CT molecular complexity index is 316. The predicted molar refractivity (Wildman–Crippen MR) is 74.4 cm³/mol. The van der Waals surface area contributed by atoms with Crippen molar-refractivity contribution >= 4 is 11.9 Å². The van der Waals surface area contributed by atoms with Crippen molar-refractivity contribution in [2.24, 2.45) is 0 Å². The van der Waals surface area contributed by atoms with E-state index in [1.807, 2.05) is 0 Å². The van der Waals surface area contributed by atoms with Gasteiger partial charge in [0, 0.05) is 17.6 Å². The number of esters is 2. The highest BCUT2D eigenvalue weighted by Crippen LogP contribution is 2.12. The van der Waals surface area contributed by atoms with Crippen LogP contribution >= 0.6 is 0 Å². The van der Waals surface area contributed by atoms with E-state index in [-0.39, 0.29) is 11.1 Å². The van der Waals surface area contributed by atoms with Gasteiger partial charge in [-0.15, -0.1) is 0 Å². The summed E-state index contributed by atoms with van der Waals surface area (Å²) in [5.74, 6) is -1.09. The van der Waals surface area contributed by atoms with Crippen LogP contribution in [0.4, 0.5) is 0 Å². The monoisotopic (exact) mass is 268 g/mol. The molecule has 0 saturated carbocycles. The largest absolute Gasteiger partial charge is 0.422 e. The number of hydrogen-bond donors (Lipinski definition) is 0. The Kier molecular flexibility index (Phi) is 8.58. The van der Waals surface area contributed by atoms with Crippen molar-refractivity contribution in [1.82, 2.24) is 0 Å². The average Bonchev–Trinajstić information content (AvgIpc) is 2.33. The van der Waals surface area contributed by atoms with Crippen LogP contribution in [-0.2, 0) is 19.1 Å². The van der Waals surface area contributed by atoms with Crippen molar-refractivity contribution in [3.8, 4) is 0 Å². The number of ether oxygens (including phenoxy) is 2. The summed E-state index contributed by atoms with van der Waals surface area (Å²) in [7, 11) is 0. The molecule has 0 bridgehead atoms. The molecule has 0 spiro atoms. The van der Waals surface area contributed by atoms with Crippen LogP contribution in [0.1, 0.15) is 52.9 Å². The molecule has 0 aromatic rings. The van der Waals surface area contributed by atoms with Crippen LogP contribution in [0.5, 0.6) is 0 Å². The summed E-state index contributed by atoms with van der Waals surface area (Å²) in [5.41, 5.74) is 0.565. The molecule has 4 heteroatoms. The van der Waals surface area contributed by atoms with Gasteiger partial charge in [-0.1, -0.05) is 39.3 Å². The Morgan fingerprint density at radius 2 is 1.42 bits per heavy atom. The van der Waals surface area contributed by atoms with E-state index in [4.69, 9.17) is 9.47 Å². The van der Waals surface area contributed by atoms with E-state index in [9.17, 15) is 9.59 Å². The second-order valence-corrected chi connectivity index (χ2v) is 4.65. The average molecular weight is 268 g/mol. The zero-order valence-corrected chi connectivity index (χ0v) is 12.2. The number of carbonyl (C=O) groups excluding carboxylic acids is 2. The minimum Gasteiger partial charge on any atom is -0.422 e. The van der Waals surface area contributed by atoms with Crippen LogP contribution in [0.3, 0.4) is 0 Å². The lowest BCUT2D eigenvalue weighted by Gasteiger charge is -2.18. The second kappa shape index (κ2) is 9.36. The molecule has 4 nitrogen and oxygen atoms in total. The smallest absolute Gasteiger partial charge is 0.336 e. The van der Waals surface area contributed by atoms with Gasteiger partial charge in [-0.2, -0.15) is 0 Å². The van der Waals surface area contributed by atoms with Gasteiger partial charge in [-0.05, 0) is 20.3 Å². The van der Waals surface area contributed by atoms with E-state index < -0.39 is 18.2 Å². The van der Waals surface area contributed by atoms with Crippen molar-refractivity contribution < 1.29 is 19.1 Å². The molecule has 0 aliphatic rings. The Balaban J connectivity index is 4.37. The van der Waals surface area contributed by atoms with Gasteiger partial charge in [0.05, 0.1) is 0 Å². The molecule has 0 rings (SSSR count). The summed E-state index contributed by atoms with van der Waals surface area (Å²) in [5, 5.41) is 0. The molecule has 0 heterocycles. The molecular weight excluding hydrogens is 244 g/mol.